The van der Waals surface area contributed by atoms with E-state index in [1.165, 1.54) is 18.2 Å². The second-order valence-corrected chi connectivity index (χ2v) is 5.64. The highest BCUT2D eigenvalue weighted by Crippen LogP contribution is 2.36. The molecule has 0 aromatic heterocycles. The number of carbonyl (C=O) groups is 1. The third-order valence-corrected chi connectivity index (χ3v) is 4.15. The third kappa shape index (κ3) is 3.35. The quantitative estimate of drug-likeness (QED) is 0.740. The number of aliphatic hydroxyl groups excluding tert-OH is 1. The van der Waals surface area contributed by atoms with Gasteiger partial charge in [0, 0.05) is 36.2 Å². The molecule has 20 heavy (non-hydrogen) atoms. The van der Waals surface area contributed by atoms with Crippen LogP contribution in [-0.4, -0.2) is 24.2 Å². The van der Waals surface area contributed by atoms with Crippen molar-refractivity contribution in [1.29, 1.82) is 0 Å². The van der Waals surface area contributed by atoms with Gasteiger partial charge in [-0.1, -0.05) is 12.8 Å². The number of aliphatic hydroxyl groups is 1. The lowest BCUT2D eigenvalue weighted by Gasteiger charge is -2.26. The summed E-state index contributed by atoms with van der Waals surface area (Å²) in [6, 6.07) is 4.12. The number of primary amides is 1. The summed E-state index contributed by atoms with van der Waals surface area (Å²) in [4.78, 5) is 11.1. The van der Waals surface area contributed by atoms with Crippen LogP contribution in [0.25, 0.3) is 0 Å². The molecule has 1 fully saturated rings. The molecule has 0 radical (unpaired) electrons. The van der Waals surface area contributed by atoms with Gasteiger partial charge < -0.3 is 16.2 Å². The third-order valence-electron chi connectivity index (χ3n) is 4.15. The molecule has 4 nitrogen and oxygen atoms in total. The highest BCUT2D eigenvalue weighted by atomic mass is 19.1. The summed E-state index contributed by atoms with van der Waals surface area (Å²) >= 11 is 0. The van der Waals surface area contributed by atoms with Gasteiger partial charge in [-0.2, -0.15) is 0 Å². The van der Waals surface area contributed by atoms with E-state index in [0.717, 1.165) is 25.7 Å². The van der Waals surface area contributed by atoms with Crippen LogP contribution in [0.4, 0.5) is 4.39 Å². The van der Waals surface area contributed by atoms with Gasteiger partial charge in [-0.25, -0.2) is 4.39 Å². The number of halogens is 1. The van der Waals surface area contributed by atoms with E-state index >= 15 is 0 Å². The van der Waals surface area contributed by atoms with Crippen LogP contribution >= 0.6 is 0 Å². The number of carbonyl (C=O) groups excluding carboxylic acids is 1. The van der Waals surface area contributed by atoms with Gasteiger partial charge in [-0.15, -0.1) is 0 Å². The molecule has 1 saturated carbocycles. The Bertz CT molecular complexity index is 485. The Labute approximate surface area is 118 Å². The maximum Gasteiger partial charge on any atom is 0.248 e. The molecular weight excluding hydrogens is 259 g/mol. The molecule has 1 aliphatic rings. The van der Waals surface area contributed by atoms with Crippen LogP contribution in [0.15, 0.2) is 18.2 Å². The van der Waals surface area contributed by atoms with E-state index in [1.807, 2.05) is 0 Å². The van der Waals surface area contributed by atoms with Crippen molar-refractivity contribution >= 4 is 5.91 Å². The predicted octanol–water partition coefficient (Wildman–Crippen LogP) is 1.57. The molecule has 0 saturated heterocycles. The van der Waals surface area contributed by atoms with Gasteiger partial charge in [-0.05, 0) is 31.0 Å². The van der Waals surface area contributed by atoms with Gasteiger partial charge in [0.25, 0.3) is 0 Å². The van der Waals surface area contributed by atoms with Gasteiger partial charge >= 0.3 is 0 Å². The first-order chi connectivity index (χ1) is 9.56. The Morgan fingerprint density at radius 2 is 2.10 bits per heavy atom. The van der Waals surface area contributed by atoms with Crippen molar-refractivity contribution < 1.29 is 14.3 Å². The number of nitrogens with one attached hydrogen (secondary N) is 1. The number of nitrogens with two attached hydrogens (primary N) is 1. The van der Waals surface area contributed by atoms with Crippen LogP contribution in [0.1, 0.15) is 41.6 Å². The van der Waals surface area contributed by atoms with Crippen LogP contribution in [0.2, 0.25) is 0 Å². The minimum absolute atomic E-state index is 0.0717. The van der Waals surface area contributed by atoms with Crippen LogP contribution < -0.4 is 11.1 Å². The standard InChI is InChI=1S/C15H21FN2O2/c16-13-4-3-11(14(17)20)7-12(13)8-18-9-15(10-19)5-1-2-6-15/h3-4,7,18-19H,1-2,5-6,8-10H2,(H2,17,20). The smallest absolute Gasteiger partial charge is 0.248 e. The van der Waals surface area contributed by atoms with Gasteiger partial charge in [0.15, 0.2) is 0 Å². The summed E-state index contributed by atoms with van der Waals surface area (Å²) < 4.78 is 13.7. The highest BCUT2D eigenvalue weighted by Gasteiger charge is 2.32. The van der Waals surface area contributed by atoms with Crippen LogP contribution in [0.3, 0.4) is 0 Å². The first-order valence-corrected chi connectivity index (χ1v) is 6.96. The van der Waals surface area contributed by atoms with Crippen LogP contribution in [0, 0.1) is 11.2 Å². The van der Waals surface area contributed by atoms with Crippen molar-refractivity contribution in [2.75, 3.05) is 13.2 Å². The summed E-state index contributed by atoms with van der Waals surface area (Å²) in [6.45, 7) is 1.14. The Kier molecular flexibility index (Phi) is 4.73. The average Bonchev–Trinajstić information content (AvgIpc) is 2.90. The Balaban J connectivity index is 1.96. The van der Waals surface area contributed by atoms with Gasteiger partial charge in [0.1, 0.15) is 5.82 Å². The molecule has 0 unspecified atom stereocenters. The molecular formula is C15H21FN2O2. The molecule has 0 aliphatic heterocycles. The van der Waals surface area contributed by atoms with Crippen molar-refractivity contribution in [3.05, 3.63) is 35.1 Å². The van der Waals surface area contributed by atoms with E-state index in [9.17, 15) is 14.3 Å². The van der Waals surface area contributed by atoms with E-state index < -0.39 is 5.91 Å². The van der Waals surface area contributed by atoms with E-state index in [4.69, 9.17) is 5.73 Å². The molecule has 0 atom stereocenters. The highest BCUT2D eigenvalue weighted by molar-refractivity contribution is 5.92. The monoisotopic (exact) mass is 280 g/mol. The van der Waals surface area contributed by atoms with Crippen molar-refractivity contribution in [2.24, 2.45) is 11.1 Å². The molecule has 5 heteroatoms. The zero-order valence-electron chi connectivity index (χ0n) is 11.5. The molecule has 0 heterocycles. The first-order valence-electron chi connectivity index (χ1n) is 6.96. The summed E-state index contributed by atoms with van der Waals surface area (Å²) in [7, 11) is 0. The molecule has 1 amide bonds. The maximum absolute atomic E-state index is 13.7. The Hall–Kier alpha value is -1.46. The predicted molar refractivity (Wildman–Crippen MR) is 74.6 cm³/mol. The lowest BCUT2D eigenvalue weighted by Crippen LogP contribution is -2.35. The lowest BCUT2D eigenvalue weighted by molar-refractivity contribution is 0.1000. The largest absolute Gasteiger partial charge is 0.396 e. The number of benzene rings is 1. The van der Waals surface area contributed by atoms with Gasteiger partial charge in [0.05, 0.1) is 0 Å². The minimum Gasteiger partial charge on any atom is -0.396 e. The average molecular weight is 280 g/mol. The Morgan fingerprint density at radius 3 is 2.70 bits per heavy atom. The van der Waals surface area contributed by atoms with Gasteiger partial charge in [0.2, 0.25) is 5.91 Å². The molecule has 2 rings (SSSR count). The molecule has 0 bridgehead atoms. The fourth-order valence-electron chi connectivity index (χ4n) is 2.84. The van der Waals surface area contributed by atoms with Crippen molar-refractivity contribution in [3.63, 3.8) is 0 Å². The zero-order chi connectivity index (χ0) is 14.6. The molecule has 1 aromatic rings. The zero-order valence-corrected chi connectivity index (χ0v) is 11.5. The second-order valence-electron chi connectivity index (χ2n) is 5.64. The first kappa shape index (κ1) is 14.9. The van der Waals surface area contributed by atoms with E-state index in [1.54, 1.807) is 0 Å². The SMILES string of the molecule is NC(=O)c1ccc(F)c(CNCC2(CO)CCCC2)c1. The topological polar surface area (TPSA) is 75.4 Å². The molecule has 1 aliphatic carbocycles. The van der Waals surface area contributed by atoms with Crippen LogP contribution in [0.5, 0.6) is 0 Å². The number of amides is 1. The Morgan fingerprint density at radius 1 is 1.40 bits per heavy atom. The lowest BCUT2D eigenvalue weighted by atomic mass is 9.87. The normalized spacial score (nSPS) is 17.3. The van der Waals surface area contributed by atoms with E-state index in [-0.39, 0.29) is 17.8 Å². The van der Waals surface area contributed by atoms with Crippen molar-refractivity contribution in [3.8, 4) is 0 Å². The van der Waals surface area contributed by atoms with Gasteiger partial charge in [-0.3, -0.25) is 4.79 Å². The summed E-state index contributed by atoms with van der Waals surface area (Å²) in [5.41, 5.74) is 5.85. The molecule has 1 aromatic carbocycles. The number of hydrogen-bond acceptors (Lipinski definition) is 3. The maximum atomic E-state index is 13.7. The van der Waals surface area contributed by atoms with Crippen LogP contribution in [-0.2, 0) is 6.54 Å². The fourth-order valence-corrected chi connectivity index (χ4v) is 2.84. The van der Waals surface area contributed by atoms with E-state index in [0.29, 0.717) is 24.2 Å². The van der Waals surface area contributed by atoms with E-state index in [2.05, 4.69) is 5.32 Å². The van der Waals surface area contributed by atoms with Crippen molar-refractivity contribution in [1.82, 2.24) is 5.32 Å². The summed E-state index contributed by atoms with van der Waals surface area (Å²) in [6.07, 6.45) is 4.27. The molecule has 110 valence electrons. The molecule has 0 spiro atoms. The summed E-state index contributed by atoms with van der Waals surface area (Å²) in [5.74, 6) is -0.916. The summed E-state index contributed by atoms with van der Waals surface area (Å²) in [5, 5.41) is 12.7. The fraction of sp³-hybridized carbons (Fsp3) is 0.533. The minimum atomic E-state index is -0.561. The number of hydrogen-bond donors (Lipinski definition) is 3. The second kappa shape index (κ2) is 6.33. The molecule has 4 N–H and O–H groups in total. The number of rotatable bonds is 6. The van der Waals surface area contributed by atoms with Crippen molar-refractivity contribution in [2.45, 2.75) is 32.2 Å².